The van der Waals surface area contributed by atoms with Crippen molar-refractivity contribution < 1.29 is 8.42 Å². The van der Waals surface area contributed by atoms with E-state index in [0.717, 1.165) is 0 Å². The van der Waals surface area contributed by atoms with Gasteiger partial charge in [-0.05, 0) is 13.8 Å². The van der Waals surface area contributed by atoms with Crippen molar-refractivity contribution in [3.8, 4) is 6.07 Å². The van der Waals surface area contributed by atoms with Crippen LogP contribution in [0.25, 0.3) is 0 Å². The van der Waals surface area contributed by atoms with Crippen molar-refractivity contribution in [1.82, 2.24) is 9.97 Å². The van der Waals surface area contributed by atoms with E-state index >= 15 is 0 Å². The number of sulfone groups is 1. The highest BCUT2D eigenvalue weighted by molar-refractivity contribution is 7.91. The molecule has 1 unspecified atom stereocenters. The fourth-order valence-electron chi connectivity index (χ4n) is 1.61. The Kier molecular flexibility index (Phi) is 4.84. The Hall–Kier alpha value is -1.68. The van der Waals surface area contributed by atoms with Crippen LogP contribution in [-0.4, -0.2) is 43.0 Å². The topological polar surface area (TPSA) is 87.0 Å². The number of aryl methyl sites for hydroxylation is 1. The van der Waals surface area contributed by atoms with Crippen LogP contribution in [0.4, 0.5) is 5.82 Å². The number of nitrogens with zero attached hydrogens (tertiary/aromatic N) is 4. The molecule has 0 radical (unpaired) electrons. The van der Waals surface area contributed by atoms with Crippen molar-refractivity contribution in [2.45, 2.75) is 26.8 Å². The van der Waals surface area contributed by atoms with Gasteiger partial charge in [-0.15, -0.1) is 0 Å². The predicted octanol–water partition coefficient (Wildman–Crippen LogP) is 0.916. The summed E-state index contributed by atoms with van der Waals surface area (Å²) in [6.45, 7) is 5.15. The van der Waals surface area contributed by atoms with E-state index < -0.39 is 9.84 Å². The predicted molar refractivity (Wildman–Crippen MR) is 73.7 cm³/mol. The molecule has 0 saturated heterocycles. The van der Waals surface area contributed by atoms with Gasteiger partial charge < -0.3 is 4.90 Å². The fraction of sp³-hybridized carbons (Fsp3) is 0.583. The summed E-state index contributed by atoms with van der Waals surface area (Å²) in [4.78, 5) is 9.95. The van der Waals surface area contributed by atoms with E-state index in [2.05, 4.69) is 9.97 Å². The smallest absolute Gasteiger partial charge is 0.152 e. The van der Waals surface area contributed by atoms with Gasteiger partial charge in [0.25, 0.3) is 0 Å². The average molecular weight is 282 g/mol. The van der Waals surface area contributed by atoms with E-state index in [1.807, 2.05) is 13.0 Å². The van der Waals surface area contributed by atoms with Gasteiger partial charge in [-0.2, -0.15) is 5.26 Å². The second-order valence-electron chi connectivity index (χ2n) is 4.43. The van der Waals surface area contributed by atoms with E-state index in [-0.39, 0.29) is 23.2 Å². The normalized spacial score (nSPS) is 12.8. The first-order valence-corrected chi connectivity index (χ1v) is 7.80. The summed E-state index contributed by atoms with van der Waals surface area (Å²) < 4.78 is 23.2. The molecule has 1 aromatic heterocycles. The zero-order valence-electron chi connectivity index (χ0n) is 11.6. The van der Waals surface area contributed by atoms with Crippen molar-refractivity contribution in [2.75, 3.05) is 23.5 Å². The van der Waals surface area contributed by atoms with Gasteiger partial charge in [0.1, 0.15) is 23.4 Å². The Balaban J connectivity index is 2.97. The van der Waals surface area contributed by atoms with Gasteiger partial charge in [-0.3, -0.25) is 0 Å². The molecular weight excluding hydrogens is 264 g/mol. The molecule has 104 valence electrons. The molecular formula is C12H18N4O2S. The third-order valence-corrected chi connectivity index (χ3v) is 4.77. The molecule has 0 fully saturated rings. The van der Waals surface area contributed by atoms with Crippen molar-refractivity contribution in [3.05, 3.63) is 17.6 Å². The Morgan fingerprint density at radius 1 is 1.47 bits per heavy atom. The number of hydrogen-bond donors (Lipinski definition) is 0. The van der Waals surface area contributed by atoms with Gasteiger partial charge in [0.15, 0.2) is 9.84 Å². The molecule has 0 N–H and O–H groups in total. The summed E-state index contributed by atoms with van der Waals surface area (Å²) in [7, 11) is -1.28. The van der Waals surface area contributed by atoms with Crippen LogP contribution in [0.5, 0.6) is 0 Å². The maximum absolute atomic E-state index is 11.6. The SMILES string of the molecule is CCS(=O)(=O)CC(C)N(C)c1cc(C#N)nc(C)n1. The monoisotopic (exact) mass is 282 g/mol. The summed E-state index contributed by atoms with van der Waals surface area (Å²) in [5.41, 5.74) is 0.278. The van der Waals surface area contributed by atoms with E-state index in [4.69, 9.17) is 5.26 Å². The van der Waals surface area contributed by atoms with Crippen molar-refractivity contribution >= 4 is 15.7 Å². The summed E-state index contributed by atoms with van der Waals surface area (Å²) in [6, 6.07) is 3.31. The van der Waals surface area contributed by atoms with E-state index in [1.54, 1.807) is 31.9 Å². The minimum atomic E-state index is -3.05. The van der Waals surface area contributed by atoms with Crippen LogP contribution in [0.3, 0.4) is 0 Å². The van der Waals surface area contributed by atoms with E-state index in [0.29, 0.717) is 11.6 Å². The first-order chi connectivity index (χ1) is 8.79. The van der Waals surface area contributed by atoms with Gasteiger partial charge in [-0.1, -0.05) is 6.92 Å². The van der Waals surface area contributed by atoms with Gasteiger partial charge in [0, 0.05) is 24.9 Å². The quantitative estimate of drug-likeness (QED) is 0.798. The molecule has 0 aliphatic heterocycles. The Labute approximate surface area is 114 Å². The second-order valence-corrected chi connectivity index (χ2v) is 6.83. The van der Waals surface area contributed by atoms with Crippen LogP contribution in [0.1, 0.15) is 25.4 Å². The summed E-state index contributed by atoms with van der Waals surface area (Å²) >= 11 is 0. The summed E-state index contributed by atoms with van der Waals surface area (Å²) in [6.07, 6.45) is 0. The van der Waals surface area contributed by atoms with Crippen molar-refractivity contribution in [2.24, 2.45) is 0 Å². The Morgan fingerprint density at radius 3 is 2.63 bits per heavy atom. The third kappa shape index (κ3) is 4.17. The highest BCUT2D eigenvalue weighted by Crippen LogP contribution is 2.14. The lowest BCUT2D eigenvalue weighted by atomic mass is 10.3. The Morgan fingerprint density at radius 2 is 2.11 bits per heavy atom. The molecule has 0 amide bonds. The molecule has 0 aliphatic rings. The minimum absolute atomic E-state index is 0.0605. The largest absolute Gasteiger partial charge is 0.356 e. The summed E-state index contributed by atoms with van der Waals surface area (Å²) in [5, 5.41) is 8.88. The highest BCUT2D eigenvalue weighted by Gasteiger charge is 2.19. The van der Waals surface area contributed by atoms with Gasteiger partial charge in [0.05, 0.1) is 5.75 Å². The lowest BCUT2D eigenvalue weighted by Gasteiger charge is -2.25. The molecule has 0 bridgehead atoms. The molecule has 1 atom stereocenters. The molecule has 0 spiro atoms. The van der Waals surface area contributed by atoms with E-state index in [9.17, 15) is 8.42 Å². The zero-order valence-corrected chi connectivity index (χ0v) is 12.4. The lowest BCUT2D eigenvalue weighted by molar-refractivity contribution is 0.588. The number of hydrogen-bond acceptors (Lipinski definition) is 6. The molecule has 0 saturated carbocycles. The standard InChI is InChI=1S/C12H18N4O2S/c1-5-19(17,18)8-9(2)16(4)12-6-11(7-13)14-10(3)15-12/h6,9H,5,8H2,1-4H3. The lowest BCUT2D eigenvalue weighted by Crippen LogP contribution is -2.36. The third-order valence-electron chi connectivity index (χ3n) is 2.90. The fourth-order valence-corrected chi connectivity index (χ4v) is 2.81. The molecule has 19 heavy (non-hydrogen) atoms. The van der Waals surface area contributed by atoms with Gasteiger partial charge >= 0.3 is 0 Å². The molecule has 1 heterocycles. The molecule has 1 rings (SSSR count). The number of nitriles is 1. The number of anilines is 1. The van der Waals surface area contributed by atoms with Gasteiger partial charge in [-0.25, -0.2) is 18.4 Å². The van der Waals surface area contributed by atoms with Crippen LogP contribution < -0.4 is 4.90 Å². The maximum Gasteiger partial charge on any atom is 0.152 e. The van der Waals surface area contributed by atoms with Crippen molar-refractivity contribution in [3.63, 3.8) is 0 Å². The van der Waals surface area contributed by atoms with Crippen molar-refractivity contribution in [1.29, 1.82) is 5.26 Å². The van der Waals surface area contributed by atoms with Crippen LogP contribution in [-0.2, 0) is 9.84 Å². The number of rotatable bonds is 5. The molecule has 0 aliphatic carbocycles. The molecule has 7 heteroatoms. The van der Waals surface area contributed by atoms with Crippen LogP contribution in [0.2, 0.25) is 0 Å². The molecule has 1 aromatic rings. The Bertz CT molecular complexity index is 592. The molecule has 6 nitrogen and oxygen atoms in total. The van der Waals surface area contributed by atoms with E-state index in [1.165, 1.54) is 0 Å². The number of aromatic nitrogens is 2. The van der Waals surface area contributed by atoms with Crippen LogP contribution in [0, 0.1) is 18.3 Å². The van der Waals surface area contributed by atoms with Gasteiger partial charge in [0.2, 0.25) is 0 Å². The first kappa shape index (κ1) is 15.4. The summed E-state index contributed by atoms with van der Waals surface area (Å²) in [5.74, 6) is 1.23. The van der Waals surface area contributed by atoms with Crippen LogP contribution >= 0.6 is 0 Å². The first-order valence-electron chi connectivity index (χ1n) is 5.98. The minimum Gasteiger partial charge on any atom is -0.356 e. The second kappa shape index (κ2) is 5.97. The highest BCUT2D eigenvalue weighted by atomic mass is 32.2. The maximum atomic E-state index is 11.6. The average Bonchev–Trinajstić information content (AvgIpc) is 2.36. The molecule has 0 aromatic carbocycles. The zero-order chi connectivity index (χ0) is 14.6. The van der Waals surface area contributed by atoms with Crippen LogP contribution in [0.15, 0.2) is 6.07 Å².